The van der Waals surface area contributed by atoms with Gasteiger partial charge in [0.15, 0.2) is 0 Å². The lowest BCUT2D eigenvalue weighted by molar-refractivity contribution is -0.123. The Balaban J connectivity index is 4.30. The second-order valence-corrected chi connectivity index (χ2v) is 7.56. The van der Waals surface area contributed by atoms with E-state index < -0.39 is 15.9 Å². The van der Waals surface area contributed by atoms with Crippen LogP contribution >= 0.6 is 0 Å². The summed E-state index contributed by atoms with van der Waals surface area (Å²) in [6.07, 6.45) is 4.31. The van der Waals surface area contributed by atoms with Gasteiger partial charge in [0.2, 0.25) is 5.91 Å². The predicted molar refractivity (Wildman–Crippen MR) is 78.6 cm³/mol. The summed E-state index contributed by atoms with van der Waals surface area (Å²) in [6.45, 7) is 6.94. The van der Waals surface area contributed by atoms with Crippen LogP contribution in [0.2, 0.25) is 0 Å². The van der Waals surface area contributed by atoms with Crippen molar-refractivity contribution < 1.29 is 13.2 Å². The van der Waals surface area contributed by atoms with Gasteiger partial charge in [0.25, 0.3) is 0 Å². The Morgan fingerprint density at radius 3 is 2.05 bits per heavy atom. The third-order valence-corrected chi connectivity index (χ3v) is 5.00. The smallest absolute Gasteiger partial charge is 0.236 e. The topological polar surface area (TPSA) is 89.3 Å². The average Bonchev–Trinajstić information content (AvgIpc) is 2.37. The SMILES string of the molecule is CCC(CC)(CC)CNC(=O)C(N)CCS(C)(=O)=O. The molecule has 0 saturated heterocycles. The van der Waals surface area contributed by atoms with E-state index in [4.69, 9.17) is 5.73 Å². The first-order valence-electron chi connectivity index (χ1n) is 6.90. The Kier molecular flexibility index (Phi) is 7.59. The first-order chi connectivity index (χ1) is 8.69. The van der Waals surface area contributed by atoms with Crippen LogP contribution in [0.15, 0.2) is 0 Å². The molecule has 0 fully saturated rings. The molecule has 0 radical (unpaired) electrons. The van der Waals surface area contributed by atoms with Gasteiger partial charge in [-0.05, 0) is 31.1 Å². The van der Waals surface area contributed by atoms with Crippen molar-refractivity contribution in [2.75, 3.05) is 18.6 Å². The summed E-state index contributed by atoms with van der Waals surface area (Å²) in [6, 6.07) is -0.752. The van der Waals surface area contributed by atoms with E-state index >= 15 is 0 Å². The monoisotopic (exact) mass is 292 g/mol. The summed E-state index contributed by atoms with van der Waals surface area (Å²) < 4.78 is 22.1. The lowest BCUT2D eigenvalue weighted by atomic mass is 9.80. The van der Waals surface area contributed by atoms with E-state index in [9.17, 15) is 13.2 Å². The summed E-state index contributed by atoms with van der Waals surface area (Å²) in [5, 5.41) is 2.85. The minimum Gasteiger partial charge on any atom is -0.354 e. The van der Waals surface area contributed by atoms with E-state index in [2.05, 4.69) is 26.1 Å². The minimum absolute atomic E-state index is 0.0535. The molecule has 3 N–H and O–H groups in total. The largest absolute Gasteiger partial charge is 0.354 e. The second-order valence-electron chi connectivity index (χ2n) is 5.30. The number of nitrogens with two attached hydrogens (primary N) is 1. The van der Waals surface area contributed by atoms with Crippen molar-refractivity contribution in [3.05, 3.63) is 0 Å². The van der Waals surface area contributed by atoms with Crippen molar-refractivity contribution in [3.8, 4) is 0 Å². The average molecular weight is 292 g/mol. The van der Waals surface area contributed by atoms with Crippen LogP contribution in [-0.4, -0.2) is 38.9 Å². The van der Waals surface area contributed by atoms with Gasteiger partial charge in [-0.25, -0.2) is 8.42 Å². The van der Waals surface area contributed by atoms with Crippen molar-refractivity contribution in [3.63, 3.8) is 0 Å². The molecule has 0 aliphatic rings. The first kappa shape index (κ1) is 18.4. The maximum absolute atomic E-state index is 11.8. The number of hydrogen-bond acceptors (Lipinski definition) is 4. The lowest BCUT2D eigenvalue weighted by Crippen LogP contribution is -2.45. The molecule has 0 aromatic carbocycles. The molecule has 0 aromatic rings. The molecule has 19 heavy (non-hydrogen) atoms. The Labute approximate surface area is 117 Å². The molecular weight excluding hydrogens is 264 g/mol. The van der Waals surface area contributed by atoms with Gasteiger partial charge in [0, 0.05) is 12.8 Å². The maximum Gasteiger partial charge on any atom is 0.236 e. The summed E-state index contributed by atoms with van der Waals surface area (Å²) >= 11 is 0. The van der Waals surface area contributed by atoms with Crippen LogP contribution in [0.5, 0.6) is 0 Å². The zero-order chi connectivity index (χ0) is 15.1. The van der Waals surface area contributed by atoms with Gasteiger partial charge in [-0.2, -0.15) is 0 Å². The van der Waals surface area contributed by atoms with Gasteiger partial charge in [-0.3, -0.25) is 4.79 Å². The third-order valence-electron chi connectivity index (χ3n) is 4.02. The molecule has 6 heteroatoms. The van der Waals surface area contributed by atoms with Gasteiger partial charge in [0.05, 0.1) is 11.8 Å². The molecule has 0 bridgehead atoms. The summed E-state index contributed by atoms with van der Waals surface area (Å²) in [5.74, 6) is -0.314. The molecule has 0 aliphatic heterocycles. The molecule has 0 aliphatic carbocycles. The molecule has 0 heterocycles. The highest BCUT2D eigenvalue weighted by molar-refractivity contribution is 7.90. The van der Waals surface area contributed by atoms with Gasteiger partial charge >= 0.3 is 0 Å². The van der Waals surface area contributed by atoms with Crippen LogP contribution in [0.4, 0.5) is 0 Å². The van der Waals surface area contributed by atoms with Gasteiger partial charge in [-0.1, -0.05) is 20.8 Å². The third kappa shape index (κ3) is 6.92. The van der Waals surface area contributed by atoms with Crippen LogP contribution < -0.4 is 11.1 Å². The van der Waals surface area contributed by atoms with Crippen molar-refractivity contribution in [2.45, 2.75) is 52.5 Å². The van der Waals surface area contributed by atoms with E-state index in [0.717, 1.165) is 25.5 Å². The van der Waals surface area contributed by atoms with Gasteiger partial charge in [0.1, 0.15) is 9.84 Å². The maximum atomic E-state index is 11.8. The highest BCUT2D eigenvalue weighted by atomic mass is 32.2. The van der Waals surface area contributed by atoms with Crippen LogP contribution in [-0.2, 0) is 14.6 Å². The standard InChI is InChI=1S/C13H28N2O3S/c1-5-13(6-2,7-3)10-15-12(16)11(14)8-9-19(4,17)18/h11H,5-10,14H2,1-4H3,(H,15,16). The van der Waals surface area contributed by atoms with Crippen LogP contribution in [0.25, 0.3) is 0 Å². The molecule has 1 amide bonds. The zero-order valence-corrected chi connectivity index (χ0v) is 13.3. The molecule has 0 aromatic heterocycles. The van der Waals surface area contributed by atoms with Crippen LogP contribution in [0.3, 0.4) is 0 Å². The van der Waals surface area contributed by atoms with E-state index in [1.807, 2.05) is 0 Å². The summed E-state index contributed by atoms with van der Waals surface area (Å²) in [4.78, 5) is 11.8. The first-order valence-corrected chi connectivity index (χ1v) is 8.96. The van der Waals surface area contributed by atoms with E-state index in [0.29, 0.717) is 6.54 Å². The Hall–Kier alpha value is -0.620. The number of rotatable bonds is 9. The second kappa shape index (κ2) is 7.85. The fourth-order valence-electron chi connectivity index (χ4n) is 2.00. The van der Waals surface area contributed by atoms with E-state index in [1.165, 1.54) is 0 Å². The van der Waals surface area contributed by atoms with Gasteiger partial charge in [-0.15, -0.1) is 0 Å². The van der Waals surface area contributed by atoms with E-state index in [-0.39, 0.29) is 23.5 Å². The summed E-state index contributed by atoms with van der Waals surface area (Å²) in [7, 11) is -3.07. The van der Waals surface area contributed by atoms with E-state index in [1.54, 1.807) is 0 Å². The number of carbonyl (C=O) groups excluding carboxylic acids is 1. The fourth-order valence-corrected chi connectivity index (χ4v) is 2.68. The Morgan fingerprint density at radius 1 is 1.21 bits per heavy atom. The minimum atomic E-state index is -3.07. The highest BCUT2D eigenvalue weighted by Gasteiger charge is 2.25. The fraction of sp³-hybridized carbons (Fsp3) is 0.923. The molecule has 0 spiro atoms. The predicted octanol–water partition coefficient (Wildman–Crippen LogP) is 1.08. The number of hydrogen-bond donors (Lipinski definition) is 2. The molecular formula is C13H28N2O3S. The van der Waals surface area contributed by atoms with Crippen molar-refractivity contribution >= 4 is 15.7 Å². The van der Waals surface area contributed by atoms with Crippen LogP contribution in [0.1, 0.15) is 46.5 Å². The number of amides is 1. The Morgan fingerprint density at radius 2 is 1.68 bits per heavy atom. The quantitative estimate of drug-likeness (QED) is 0.665. The Bertz CT molecular complexity index is 367. The zero-order valence-electron chi connectivity index (χ0n) is 12.5. The molecule has 114 valence electrons. The molecule has 0 saturated carbocycles. The molecule has 0 rings (SSSR count). The lowest BCUT2D eigenvalue weighted by Gasteiger charge is -2.31. The molecule has 5 nitrogen and oxygen atoms in total. The normalized spacial score (nSPS) is 14.2. The highest BCUT2D eigenvalue weighted by Crippen LogP contribution is 2.29. The summed E-state index contributed by atoms with van der Waals surface area (Å²) in [5.41, 5.74) is 5.82. The van der Waals surface area contributed by atoms with Gasteiger partial charge < -0.3 is 11.1 Å². The van der Waals surface area contributed by atoms with Crippen molar-refractivity contribution in [1.29, 1.82) is 0 Å². The number of nitrogens with one attached hydrogen (secondary N) is 1. The number of carbonyl (C=O) groups is 1. The molecule has 1 unspecified atom stereocenters. The van der Waals surface area contributed by atoms with Crippen molar-refractivity contribution in [1.82, 2.24) is 5.32 Å². The molecule has 1 atom stereocenters. The van der Waals surface area contributed by atoms with Crippen molar-refractivity contribution in [2.24, 2.45) is 11.1 Å². The van der Waals surface area contributed by atoms with Crippen LogP contribution in [0, 0.1) is 5.41 Å². The number of sulfone groups is 1.